The van der Waals surface area contributed by atoms with Gasteiger partial charge in [0.05, 0.1) is 0 Å². The van der Waals surface area contributed by atoms with E-state index >= 15 is 0 Å². The molecule has 5 heteroatoms. The fourth-order valence-corrected chi connectivity index (χ4v) is 2.38. The summed E-state index contributed by atoms with van der Waals surface area (Å²) in [6, 6.07) is 8.53. The Hall–Kier alpha value is -2.14. The molecule has 0 aliphatic heterocycles. The predicted octanol–water partition coefficient (Wildman–Crippen LogP) is 2.83. The average molecular weight is 285 g/mol. The van der Waals surface area contributed by atoms with Crippen molar-refractivity contribution in [1.82, 2.24) is 9.97 Å². The van der Waals surface area contributed by atoms with Crippen molar-refractivity contribution in [2.75, 3.05) is 17.4 Å². The van der Waals surface area contributed by atoms with Crippen molar-refractivity contribution in [3.8, 4) is 0 Å². The van der Waals surface area contributed by atoms with Gasteiger partial charge in [-0.15, -0.1) is 0 Å². The Bertz CT molecular complexity index is 592. The summed E-state index contributed by atoms with van der Waals surface area (Å²) in [6.07, 6.45) is 1.54. The Morgan fingerprint density at radius 2 is 1.86 bits per heavy atom. The molecule has 0 atom stereocenters. The SMILES string of the molecule is Cc1ccc(CN(C)c2ncnc(NN)c2C(C)C)cc1. The maximum absolute atomic E-state index is 5.57. The van der Waals surface area contributed by atoms with Crippen LogP contribution in [0.1, 0.15) is 36.5 Å². The zero-order chi connectivity index (χ0) is 15.4. The second-order valence-electron chi connectivity index (χ2n) is 5.60. The van der Waals surface area contributed by atoms with Gasteiger partial charge in [-0.05, 0) is 18.4 Å². The second-order valence-corrected chi connectivity index (χ2v) is 5.60. The third-order valence-corrected chi connectivity index (χ3v) is 3.48. The van der Waals surface area contributed by atoms with Gasteiger partial charge in [-0.2, -0.15) is 0 Å². The zero-order valence-electron chi connectivity index (χ0n) is 13.1. The van der Waals surface area contributed by atoms with Gasteiger partial charge in [0.15, 0.2) is 0 Å². The van der Waals surface area contributed by atoms with Crippen LogP contribution in [0.15, 0.2) is 30.6 Å². The smallest absolute Gasteiger partial charge is 0.148 e. The molecule has 2 aromatic rings. The number of benzene rings is 1. The van der Waals surface area contributed by atoms with Gasteiger partial charge in [0.25, 0.3) is 0 Å². The van der Waals surface area contributed by atoms with Crippen molar-refractivity contribution in [2.45, 2.75) is 33.2 Å². The predicted molar refractivity (Wildman–Crippen MR) is 87.2 cm³/mol. The van der Waals surface area contributed by atoms with E-state index in [1.54, 1.807) is 6.33 Å². The third-order valence-electron chi connectivity index (χ3n) is 3.48. The molecule has 0 bridgehead atoms. The van der Waals surface area contributed by atoms with Crippen LogP contribution in [0.5, 0.6) is 0 Å². The maximum atomic E-state index is 5.57. The minimum Gasteiger partial charge on any atom is -0.355 e. The summed E-state index contributed by atoms with van der Waals surface area (Å²) in [5.74, 6) is 7.45. The van der Waals surface area contributed by atoms with Crippen molar-refractivity contribution in [3.05, 3.63) is 47.3 Å². The molecule has 0 unspecified atom stereocenters. The van der Waals surface area contributed by atoms with Crippen LogP contribution in [0, 0.1) is 6.92 Å². The van der Waals surface area contributed by atoms with Crippen LogP contribution in [0.4, 0.5) is 11.6 Å². The van der Waals surface area contributed by atoms with E-state index in [-0.39, 0.29) is 5.92 Å². The third kappa shape index (κ3) is 3.49. The quantitative estimate of drug-likeness (QED) is 0.653. The Morgan fingerprint density at radius 1 is 1.19 bits per heavy atom. The first-order valence-corrected chi connectivity index (χ1v) is 7.11. The largest absolute Gasteiger partial charge is 0.355 e. The molecule has 1 aromatic heterocycles. The van der Waals surface area contributed by atoms with Crippen molar-refractivity contribution in [1.29, 1.82) is 0 Å². The van der Waals surface area contributed by atoms with Crippen LogP contribution >= 0.6 is 0 Å². The number of rotatable bonds is 5. The van der Waals surface area contributed by atoms with E-state index < -0.39 is 0 Å². The monoisotopic (exact) mass is 285 g/mol. The second kappa shape index (κ2) is 6.54. The van der Waals surface area contributed by atoms with E-state index in [2.05, 4.69) is 65.3 Å². The number of hydrogen-bond donors (Lipinski definition) is 2. The van der Waals surface area contributed by atoms with Gasteiger partial charge in [-0.3, -0.25) is 0 Å². The number of hydrogen-bond acceptors (Lipinski definition) is 5. The molecule has 0 aliphatic carbocycles. The molecule has 0 radical (unpaired) electrons. The summed E-state index contributed by atoms with van der Waals surface area (Å²) in [6.45, 7) is 7.11. The van der Waals surface area contributed by atoms with Crippen LogP contribution in [0.2, 0.25) is 0 Å². The summed E-state index contributed by atoms with van der Waals surface area (Å²) < 4.78 is 0. The average Bonchev–Trinajstić information content (AvgIpc) is 2.48. The summed E-state index contributed by atoms with van der Waals surface area (Å²) in [5.41, 5.74) is 6.22. The van der Waals surface area contributed by atoms with E-state index in [0.717, 1.165) is 17.9 Å². The summed E-state index contributed by atoms with van der Waals surface area (Å²) in [5, 5.41) is 0. The number of nitrogens with zero attached hydrogens (tertiary/aromatic N) is 3. The molecule has 112 valence electrons. The lowest BCUT2D eigenvalue weighted by Crippen LogP contribution is -2.22. The number of nitrogen functional groups attached to an aromatic ring is 1. The van der Waals surface area contributed by atoms with E-state index in [4.69, 9.17) is 5.84 Å². The standard InChI is InChI=1S/C16H23N5/c1-11(2)14-15(20-17)18-10-19-16(14)21(4)9-13-7-5-12(3)6-8-13/h5-8,10-11H,9,17H2,1-4H3,(H,18,19,20). The lowest BCUT2D eigenvalue weighted by atomic mass is 10.0. The van der Waals surface area contributed by atoms with E-state index in [9.17, 15) is 0 Å². The van der Waals surface area contributed by atoms with Crippen molar-refractivity contribution < 1.29 is 0 Å². The molecule has 0 saturated heterocycles. The van der Waals surface area contributed by atoms with Crippen LogP contribution in [-0.4, -0.2) is 17.0 Å². The first-order chi connectivity index (χ1) is 10.0. The molecular formula is C16H23N5. The Balaban J connectivity index is 2.30. The minimum atomic E-state index is 0.285. The molecule has 0 fully saturated rings. The molecule has 1 aromatic carbocycles. The molecular weight excluding hydrogens is 262 g/mol. The van der Waals surface area contributed by atoms with Crippen molar-refractivity contribution >= 4 is 11.6 Å². The van der Waals surface area contributed by atoms with Gasteiger partial charge in [-0.25, -0.2) is 15.8 Å². The number of hydrazine groups is 1. The number of aryl methyl sites for hydroxylation is 1. The van der Waals surface area contributed by atoms with Crippen molar-refractivity contribution in [3.63, 3.8) is 0 Å². The molecule has 21 heavy (non-hydrogen) atoms. The van der Waals surface area contributed by atoms with Gasteiger partial charge >= 0.3 is 0 Å². The number of nitrogens with one attached hydrogen (secondary N) is 1. The van der Waals surface area contributed by atoms with Crippen molar-refractivity contribution in [2.24, 2.45) is 5.84 Å². The van der Waals surface area contributed by atoms with E-state index in [0.29, 0.717) is 5.82 Å². The number of aromatic nitrogens is 2. The van der Waals surface area contributed by atoms with Gasteiger partial charge in [0, 0.05) is 19.2 Å². The minimum absolute atomic E-state index is 0.285. The fourth-order valence-electron chi connectivity index (χ4n) is 2.38. The van der Waals surface area contributed by atoms with Crippen LogP contribution in [0.3, 0.4) is 0 Å². The topological polar surface area (TPSA) is 67.1 Å². The Kier molecular flexibility index (Phi) is 4.75. The van der Waals surface area contributed by atoms with Crippen LogP contribution < -0.4 is 16.2 Å². The zero-order valence-corrected chi connectivity index (χ0v) is 13.1. The van der Waals surface area contributed by atoms with E-state index in [1.165, 1.54) is 11.1 Å². The fraction of sp³-hybridized carbons (Fsp3) is 0.375. The molecule has 3 N–H and O–H groups in total. The first-order valence-electron chi connectivity index (χ1n) is 7.11. The number of anilines is 2. The van der Waals surface area contributed by atoms with Gasteiger partial charge < -0.3 is 10.3 Å². The molecule has 0 aliphatic rings. The number of nitrogens with two attached hydrogens (primary N) is 1. The highest BCUT2D eigenvalue weighted by atomic mass is 15.3. The summed E-state index contributed by atoms with van der Waals surface area (Å²) in [7, 11) is 2.04. The molecule has 2 rings (SSSR count). The summed E-state index contributed by atoms with van der Waals surface area (Å²) in [4.78, 5) is 10.8. The maximum Gasteiger partial charge on any atom is 0.148 e. The molecule has 5 nitrogen and oxygen atoms in total. The normalized spacial score (nSPS) is 10.8. The molecule has 1 heterocycles. The first kappa shape index (κ1) is 15.3. The molecule has 0 amide bonds. The van der Waals surface area contributed by atoms with Gasteiger partial charge in [-0.1, -0.05) is 43.7 Å². The summed E-state index contributed by atoms with van der Waals surface area (Å²) >= 11 is 0. The highest BCUT2D eigenvalue weighted by Gasteiger charge is 2.17. The molecule has 0 spiro atoms. The van der Waals surface area contributed by atoms with Gasteiger partial charge in [0.1, 0.15) is 18.0 Å². The highest BCUT2D eigenvalue weighted by Crippen LogP contribution is 2.30. The lowest BCUT2D eigenvalue weighted by Gasteiger charge is -2.24. The van der Waals surface area contributed by atoms with E-state index in [1.807, 2.05) is 7.05 Å². The Morgan fingerprint density at radius 3 is 2.43 bits per heavy atom. The lowest BCUT2D eigenvalue weighted by molar-refractivity contribution is 0.809. The molecule has 0 saturated carbocycles. The Labute approximate surface area is 126 Å². The van der Waals surface area contributed by atoms with Crippen LogP contribution in [0.25, 0.3) is 0 Å². The highest BCUT2D eigenvalue weighted by molar-refractivity contribution is 5.59. The van der Waals surface area contributed by atoms with Crippen LogP contribution in [-0.2, 0) is 6.54 Å². The van der Waals surface area contributed by atoms with Gasteiger partial charge in [0.2, 0.25) is 0 Å².